The number of benzene rings is 3. The molecule has 13 heteroatoms. The number of aryl methyl sites for hydroxylation is 1. The molecule has 0 saturated heterocycles. The van der Waals surface area contributed by atoms with Gasteiger partial charge < -0.3 is 5.32 Å². The Bertz CT molecular complexity index is 1590. The summed E-state index contributed by atoms with van der Waals surface area (Å²) in [5.74, 6) is 0.749. The van der Waals surface area contributed by atoms with Crippen molar-refractivity contribution in [3.05, 3.63) is 100 Å². The number of carbonyl (C=O) groups is 1. The fraction of sp³-hybridized carbons (Fsp3) is 0.120. The number of aromatic nitrogens is 7. The van der Waals surface area contributed by atoms with Crippen LogP contribution < -0.4 is 5.32 Å². The Morgan fingerprint density at radius 2 is 1.74 bits per heavy atom. The van der Waals surface area contributed by atoms with Gasteiger partial charge in [0.1, 0.15) is 6.54 Å². The zero-order valence-corrected chi connectivity index (χ0v) is 20.9. The molecular formula is C25H21N9O3S. The Balaban J connectivity index is 1.34. The summed E-state index contributed by atoms with van der Waals surface area (Å²) in [5.41, 5.74) is 2.48. The van der Waals surface area contributed by atoms with Crippen molar-refractivity contribution < 1.29 is 9.72 Å². The number of nitrogens with one attached hydrogen (secondary N) is 1. The number of anilines is 1. The fourth-order valence-electron chi connectivity index (χ4n) is 3.68. The average molecular weight is 528 g/mol. The molecule has 0 aliphatic carbocycles. The summed E-state index contributed by atoms with van der Waals surface area (Å²) in [5, 5.41) is 35.8. The van der Waals surface area contributed by atoms with Crippen LogP contribution in [-0.4, -0.2) is 51.6 Å². The van der Waals surface area contributed by atoms with Gasteiger partial charge in [-0.05, 0) is 30.3 Å². The minimum absolute atomic E-state index is 0.0202. The molecule has 190 valence electrons. The first-order valence-corrected chi connectivity index (χ1v) is 12.5. The van der Waals surface area contributed by atoms with Gasteiger partial charge in [0.25, 0.3) is 5.69 Å². The molecule has 0 unspecified atom stereocenters. The maximum atomic E-state index is 12.6. The van der Waals surface area contributed by atoms with Crippen LogP contribution in [0.1, 0.15) is 11.4 Å². The summed E-state index contributed by atoms with van der Waals surface area (Å²) in [6.45, 7) is 1.85. The highest BCUT2D eigenvalue weighted by Gasteiger charge is 2.18. The van der Waals surface area contributed by atoms with Crippen LogP contribution in [0.25, 0.3) is 17.1 Å². The van der Waals surface area contributed by atoms with E-state index in [0.717, 1.165) is 11.3 Å². The van der Waals surface area contributed by atoms with Gasteiger partial charge in [0.15, 0.2) is 11.0 Å². The van der Waals surface area contributed by atoms with Gasteiger partial charge in [0.05, 0.1) is 10.7 Å². The minimum atomic E-state index is -0.476. The molecule has 0 atom stereocenters. The van der Waals surface area contributed by atoms with E-state index < -0.39 is 4.92 Å². The van der Waals surface area contributed by atoms with Crippen molar-refractivity contribution in [2.45, 2.75) is 18.6 Å². The Labute approximate surface area is 220 Å². The Kier molecular flexibility index (Phi) is 7.17. The summed E-state index contributed by atoms with van der Waals surface area (Å²) in [4.78, 5) is 24.8. The fourth-order valence-corrected chi connectivity index (χ4v) is 4.45. The molecule has 38 heavy (non-hydrogen) atoms. The first kappa shape index (κ1) is 24.8. The normalized spacial score (nSPS) is 10.9. The molecule has 0 aliphatic rings. The average Bonchev–Trinajstić information content (AvgIpc) is 3.57. The Hall–Kier alpha value is -4.91. The third-order valence-corrected chi connectivity index (χ3v) is 6.43. The van der Waals surface area contributed by atoms with Gasteiger partial charge in [0, 0.05) is 28.6 Å². The van der Waals surface area contributed by atoms with Gasteiger partial charge in [-0.3, -0.25) is 19.5 Å². The predicted octanol–water partition coefficient (Wildman–Crippen LogP) is 3.92. The van der Waals surface area contributed by atoms with Gasteiger partial charge in [-0.25, -0.2) is 0 Å². The van der Waals surface area contributed by atoms with Gasteiger partial charge in [-0.2, -0.15) is 4.80 Å². The first-order chi connectivity index (χ1) is 18.5. The van der Waals surface area contributed by atoms with E-state index in [-0.39, 0.29) is 23.9 Å². The molecule has 0 bridgehead atoms. The number of thioether (sulfide) groups is 1. The van der Waals surface area contributed by atoms with Gasteiger partial charge in [-0.15, -0.1) is 20.4 Å². The number of nitro benzene ring substituents is 1. The molecular weight excluding hydrogens is 506 g/mol. The second kappa shape index (κ2) is 11.0. The molecule has 2 aromatic heterocycles. The summed E-state index contributed by atoms with van der Waals surface area (Å²) in [6.07, 6.45) is 0. The highest BCUT2D eigenvalue weighted by molar-refractivity contribution is 7.99. The van der Waals surface area contributed by atoms with Gasteiger partial charge in [-0.1, -0.05) is 66.4 Å². The van der Waals surface area contributed by atoms with Crippen molar-refractivity contribution in [3.63, 3.8) is 0 Å². The second-order valence-corrected chi connectivity index (χ2v) is 9.12. The number of rotatable bonds is 9. The quantitative estimate of drug-likeness (QED) is 0.171. The van der Waals surface area contributed by atoms with Crippen molar-refractivity contribution in [3.8, 4) is 17.1 Å². The molecule has 1 amide bonds. The lowest BCUT2D eigenvalue weighted by Crippen LogP contribution is -2.15. The van der Waals surface area contributed by atoms with Crippen LogP contribution in [0.5, 0.6) is 0 Å². The lowest BCUT2D eigenvalue weighted by molar-refractivity contribution is -0.385. The van der Waals surface area contributed by atoms with Crippen molar-refractivity contribution in [2.75, 3.05) is 11.1 Å². The van der Waals surface area contributed by atoms with E-state index >= 15 is 0 Å². The third-order valence-electron chi connectivity index (χ3n) is 5.50. The van der Waals surface area contributed by atoms with Crippen LogP contribution in [0.3, 0.4) is 0 Å². The number of tetrazole rings is 1. The molecule has 12 nitrogen and oxygen atoms in total. The highest BCUT2D eigenvalue weighted by atomic mass is 32.2. The topological polar surface area (TPSA) is 147 Å². The minimum Gasteiger partial charge on any atom is -0.325 e. The SMILES string of the molecule is Cc1ccc(NC(=O)CSc2nnc(Cn3nnc(-c4ccccc4)n3)n2-c2ccccc2)cc1[N+](=O)[O-]. The van der Waals surface area contributed by atoms with Crippen LogP contribution in [0.4, 0.5) is 11.4 Å². The third kappa shape index (κ3) is 5.57. The van der Waals surface area contributed by atoms with Crippen molar-refractivity contribution in [2.24, 2.45) is 0 Å². The van der Waals surface area contributed by atoms with E-state index in [1.54, 1.807) is 19.1 Å². The van der Waals surface area contributed by atoms with E-state index in [9.17, 15) is 14.9 Å². The van der Waals surface area contributed by atoms with Crippen LogP contribution in [0, 0.1) is 17.0 Å². The predicted molar refractivity (Wildman–Crippen MR) is 141 cm³/mol. The number of hydrogen-bond donors (Lipinski definition) is 1. The summed E-state index contributed by atoms with van der Waals surface area (Å²) < 4.78 is 1.83. The molecule has 1 N–H and O–H groups in total. The van der Waals surface area contributed by atoms with Crippen LogP contribution in [0.15, 0.2) is 84.0 Å². The molecule has 0 spiro atoms. The maximum absolute atomic E-state index is 12.6. The first-order valence-electron chi connectivity index (χ1n) is 11.5. The molecule has 0 radical (unpaired) electrons. The number of hydrogen-bond acceptors (Lipinski definition) is 9. The van der Waals surface area contributed by atoms with Crippen LogP contribution in [-0.2, 0) is 11.3 Å². The van der Waals surface area contributed by atoms with Crippen LogP contribution >= 0.6 is 11.8 Å². The maximum Gasteiger partial charge on any atom is 0.274 e. The molecule has 0 aliphatic heterocycles. The van der Waals surface area contributed by atoms with E-state index in [4.69, 9.17) is 0 Å². The molecule has 5 aromatic rings. The number of nitro groups is 1. The smallest absolute Gasteiger partial charge is 0.274 e. The number of para-hydroxylation sites is 1. The van der Waals surface area contributed by atoms with Crippen LogP contribution in [0.2, 0.25) is 0 Å². The zero-order valence-electron chi connectivity index (χ0n) is 20.1. The summed E-state index contributed by atoms with van der Waals surface area (Å²) in [6, 6.07) is 23.6. The van der Waals surface area contributed by atoms with E-state index in [0.29, 0.717) is 28.1 Å². The summed E-state index contributed by atoms with van der Waals surface area (Å²) in [7, 11) is 0. The lowest BCUT2D eigenvalue weighted by atomic mass is 10.2. The van der Waals surface area contributed by atoms with Gasteiger partial charge >= 0.3 is 0 Å². The Morgan fingerprint density at radius 3 is 2.47 bits per heavy atom. The molecule has 0 fully saturated rings. The highest BCUT2D eigenvalue weighted by Crippen LogP contribution is 2.25. The monoisotopic (exact) mass is 527 g/mol. The molecule has 0 saturated carbocycles. The van der Waals surface area contributed by atoms with E-state index in [2.05, 4.69) is 30.9 Å². The molecule has 3 aromatic carbocycles. The van der Waals surface area contributed by atoms with Gasteiger partial charge in [0.2, 0.25) is 11.7 Å². The van der Waals surface area contributed by atoms with E-state index in [1.165, 1.54) is 22.6 Å². The molecule has 2 heterocycles. The van der Waals surface area contributed by atoms with Crippen molar-refractivity contribution in [1.29, 1.82) is 0 Å². The number of amides is 1. The number of carbonyl (C=O) groups excluding carboxylic acids is 1. The zero-order chi connectivity index (χ0) is 26.5. The van der Waals surface area contributed by atoms with E-state index in [1.807, 2.05) is 65.2 Å². The second-order valence-electron chi connectivity index (χ2n) is 8.17. The summed E-state index contributed by atoms with van der Waals surface area (Å²) >= 11 is 1.19. The molecule has 5 rings (SSSR count). The van der Waals surface area contributed by atoms with Crippen molar-refractivity contribution in [1.82, 2.24) is 35.0 Å². The largest absolute Gasteiger partial charge is 0.325 e. The lowest BCUT2D eigenvalue weighted by Gasteiger charge is -2.10. The Morgan fingerprint density at radius 1 is 1.00 bits per heavy atom. The van der Waals surface area contributed by atoms with Crippen molar-refractivity contribution >= 4 is 29.0 Å². The standard InChI is InChI=1S/C25H21N9O3S/c1-17-12-13-19(14-21(17)34(36)37)26-23(35)16-38-25-29-27-22(33(25)20-10-6-3-7-11-20)15-32-30-24(28-31-32)18-8-4-2-5-9-18/h2-14H,15-16H2,1H3,(H,26,35). The number of nitrogens with zero attached hydrogens (tertiary/aromatic N) is 8.